The van der Waals surface area contributed by atoms with Gasteiger partial charge < -0.3 is 5.11 Å². The summed E-state index contributed by atoms with van der Waals surface area (Å²) >= 11 is 5.64. The molecule has 0 heterocycles. The first kappa shape index (κ1) is 14.6. The molecule has 0 radical (unpaired) electrons. The summed E-state index contributed by atoms with van der Waals surface area (Å²) in [6.07, 6.45) is 0. The third-order valence-corrected chi connectivity index (χ3v) is 4.10. The number of benzene rings is 1. The summed E-state index contributed by atoms with van der Waals surface area (Å²) < 4.78 is 11.7. The molecule has 98 valence electrons. The van der Waals surface area contributed by atoms with Crippen molar-refractivity contribution in [2.45, 2.75) is 17.9 Å². The van der Waals surface area contributed by atoms with Gasteiger partial charge in [-0.2, -0.15) is 0 Å². The Bertz CT molecular complexity index is 519. The largest absolute Gasteiger partial charge is 0.480 e. The van der Waals surface area contributed by atoms with E-state index in [1.54, 1.807) is 0 Å². The summed E-state index contributed by atoms with van der Waals surface area (Å²) in [6.45, 7) is 1.29. The molecule has 0 aliphatic rings. The molecule has 2 atom stereocenters. The zero-order chi connectivity index (χ0) is 13.9. The van der Waals surface area contributed by atoms with Gasteiger partial charge in [-0.3, -0.25) is 19.1 Å². The molecule has 0 bridgehead atoms. The van der Waals surface area contributed by atoms with E-state index in [0.29, 0.717) is 0 Å². The van der Waals surface area contributed by atoms with Crippen molar-refractivity contribution in [2.75, 3.05) is 0 Å². The molecule has 2 unspecified atom stereocenters. The number of hydrogen-bond acceptors (Lipinski definition) is 4. The van der Waals surface area contributed by atoms with Crippen LogP contribution in [0.1, 0.15) is 12.5 Å². The Kier molecular flexibility index (Phi) is 4.80. The molecule has 0 aliphatic heterocycles. The Morgan fingerprint density at radius 3 is 2.72 bits per heavy atom. The predicted molar refractivity (Wildman–Crippen MR) is 67.1 cm³/mol. The topological polar surface area (TPSA) is 97.5 Å². The quantitative estimate of drug-likeness (QED) is 0.660. The monoisotopic (exact) mass is 291 g/mol. The lowest BCUT2D eigenvalue weighted by molar-refractivity contribution is -0.385. The van der Waals surface area contributed by atoms with Crippen LogP contribution < -0.4 is 0 Å². The highest BCUT2D eigenvalue weighted by atomic mass is 35.5. The Morgan fingerprint density at radius 1 is 1.61 bits per heavy atom. The van der Waals surface area contributed by atoms with Crippen molar-refractivity contribution in [2.24, 2.45) is 0 Å². The molecule has 6 nitrogen and oxygen atoms in total. The van der Waals surface area contributed by atoms with Crippen LogP contribution in [0.25, 0.3) is 0 Å². The molecule has 0 saturated carbocycles. The smallest absolute Gasteiger partial charge is 0.318 e. The van der Waals surface area contributed by atoms with Gasteiger partial charge in [0.25, 0.3) is 5.69 Å². The van der Waals surface area contributed by atoms with Crippen LogP contribution in [-0.4, -0.2) is 25.5 Å². The molecule has 0 aromatic heterocycles. The summed E-state index contributed by atoms with van der Waals surface area (Å²) in [7, 11) is -1.73. The van der Waals surface area contributed by atoms with Crippen molar-refractivity contribution in [3.63, 3.8) is 0 Å². The van der Waals surface area contributed by atoms with Crippen molar-refractivity contribution in [1.82, 2.24) is 0 Å². The maximum atomic E-state index is 11.7. The third-order valence-electron chi connectivity index (χ3n) is 2.28. The van der Waals surface area contributed by atoms with Gasteiger partial charge in [-0.05, 0) is 19.1 Å². The number of rotatable bonds is 5. The average Bonchev–Trinajstić information content (AvgIpc) is 2.29. The number of carbonyl (C=O) groups is 1. The van der Waals surface area contributed by atoms with Crippen molar-refractivity contribution >= 4 is 34.1 Å². The minimum absolute atomic E-state index is 0.194. The first-order valence-electron chi connectivity index (χ1n) is 4.85. The van der Waals surface area contributed by atoms with Crippen LogP contribution in [0.5, 0.6) is 0 Å². The van der Waals surface area contributed by atoms with E-state index in [2.05, 4.69) is 0 Å². The van der Waals surface area contributed by atoms with Crippen LogP contribution in [0.2, 0.25) is 5.02 Å². The molecule has 1 aromatic rings. The second-order valence-corrected chi connectivity index (χ2v) is 5.73. The van der Waals surface area contributed by atoms with Gasteiger partial charge in [0.05, 0.1) is 10.7 Å². The molecule has 1 rings (SSSR count). The number of hydrogen-bond donors (Lipinski definition) is 1. The molecular formula is C10H10ClNO5S. The van der Waals surface area contributed by atoms with E-state index in [0.717, 1.165) is 6.07 Å². The molecule has 18 heavy (non-hydrogen) atoms. The molecular weight excluding hydrogens is 282 g/mol. The molecule has 0 spiro atoms. The van der Waals surface area contributed by atoms with Gasteiger partial charge >= 0.3 is 5.97 Å². The SMILES string of the molecule is CC(C(=O)O)S(=O)Cc1ccc(Cl)cc1[N+](=O)[O-]. The minimum atomic E-state index is -1.73. The molecule has 0 saturated heterocycles. The molecule has 1 aromatic carbocycles. The average molecular weight is 292 g/mol. The van der Waals surface area contributed by atoms with E-state index in [4.69, 9.17) is 16.7 Å². The van der Waals surface area contributed by atoms with Gasteiger partial charge in [-0.25, -0.2) is 0 Å². The lowest BCUT2D eigenvalue weighted by atomic mass is 10.2. The van der Waals surface area contributed by atoms with Crippen molar-refractivity contribution in [3.8, 4) is 0 Å². The van der Waals surface area contributed by atoms with Crippen LogP contribution in [0, 0.1) is 10.1 Å². The highest BCUT2D eigenvalue weighted by Crippen LogP contribution is 2.24. The minimum Gasteiger partial charge on any atom is -0.480 e. The van der Waals surface area contributed by atoms with Gasteiger partial charge in [-0.15, -0.1) is 0 Å². The lowest BCUT2D eigenvalue weighted by Gasteiger charge is -2.07. The van der Waals surface area contributed by atoms with Crippen LogP contribution in [0.15, 0.2) is 18.2 Å². The Balaban J connectivity index is 3.01. The highest BCUT2D eigenvalue weighted by molar-refractivity contribution is 7.85. The fourth-order valence-electron chi connectivity index (χ4n) is 1.22. The van der Waals surface area contributed by atoms with Crippen molar-refractivity contribution in [3.05, 3.63) is 38.9 Å². The molecule has 0 fully saturated rings. The molecule has 1 N–H and O–H groups in total. The summed E-state index contributed by atoms with van der Waals surface area (Å²) in [5.74, 6) is -1.40. The summed E-state index contributed by atoms with van der Waals surface area (Å²) in [5, 5.41) is 18.6. The molecule has 0 amide bonds. The van der Waals surface area contributed by atoms with Crippen molar-refractivity contribution < 1.29 is 19.0 Å². The highest BCUT2D eigenvalue weighted by Gasteiger charge is 2.23. The van der Waals surface area contributed by atoms with Crippen LogP contribution in [0.4, 0.5) is 5.69 Å². The predicted octanol–water partition coefficient (Wildman–Crippen LogP) is 1.97. The Morgan fingerprint density at radius 2 is 2.22 bits per heavy atom. The summed E-state index contributed by atoms with van der Waals surface area (Å²) in [6, 6.07) is 3.97. The zero-order valence-corrected chi connectivity index (χ0v) is 10.9. The number of nitrogens with zero attached hydrogens (tertiary/aromatic N) is 1. The van der Waals surface area contributed by atoms with Crippen LogP contribution in [0.3, 0.4) is 0 Å². The number of halogens is 1. The van der Waals surface area contributed by atoms with Gasteiger partial charge in [0, 0.05) is 27.5 Å². The second-order valence-electron chi connectivity index (χ2n) is 3.54. The lowest BCUT2D eigenvalue weighted by Crippen LogP contribution is -2.23. The van der Waals surface area contributed by atoms with Gasteiger partial charge in [-0.1, -0.05) is 11.6 Å². The zero-order valence-electron chi connectivity index (χ0n) is 9.33. The van der Waals surface area contributed by atoms with Crippen LogP contribution >= 0.6 is 11.6 Å². The number of carboxylic acid groups (broad SMARTS) is 1. The van der Waals surface area contributed by atoms with E-state index in [9.17, 15) is 19.1 Å². The maximum absolute atomic E-state index is 11.7. The first-order chi connectivity index (χ1) is 8.32. The van der Waals surface area contributed by atoms with E-state index in [1.165, 1.54) is 19.1 Å². The fourth-order valence-corrected chi connectivity index (χ4v) is 2.41. The first-order valence-corrected chi connectivity index (χ1v) is 6.61. The Labute approximate surface area is 110 Å². The number of nitro benzene ring substituents is 1. The summed E-state index contributed by atoms with van der Waals surface area (Å²) in [5.41, 5.74) is -0.0516. The molecule has 0 aliphatic carbocycles. The normalized spacial score (nSPS) is 13.9. The van der Waals surface area contributed by atoms with Gasteiger partial charge in [0.2, 0.25) is 0 Å². The third kappa shape index (κ3) is 3.51. The van der Waals surface area contributed by atoms with Gasteiger partial charge in [0.1, 0.15) is 5.25 Å². The maximum Gasteiger partial charge on any atom is 0.318 e. The van der Waals surface area contributed by atoms with Gasteiger partial charge in [0.15, 0.2) is 0 Å². The number of aliphatic carboxylic acids is 1. The van der Waals surface area contributed by atoms with E-state index < -0.39 is 26.9 Å². The molecule has 8 heteroatoms. The fraction of sp³-hybridized carbons (Fsp3) is 0.300. The van der Waals surface area contributed by atoms with E-state index >= 15 is 0 Å². The van der Waals surface area contributed by atoms with E-state index in [-0.39, 0.29) is 22.0 Å². The van der Waals surface area contributed by atoms with E-state index in [1.807, 2.05) is 0 Å². The second kappa shape index (κ2) is 5.92. The van der Waals surface area contributed by atoms with Crippen LogP contribution in [-0.2, 0) is 21.3 Å². The van der Waals surface area contributed by atoms with Crippen molar-refractivity contribution in [1.29, 1.82) is 0 Å². The number of nitro groups is 1. The standard InChI is InChI=1S/C10H10ClNO5S/c1-6(10(13)14)18(17)5-7-2-3-8(11)4-9(7)12(15)16/h2-4,6H,5H2,1H3,(H,13,14). The summed E-state index contributed by atoms with van der Waals surface area (Å²) in [4.78, 5) is 20.8. The Hall–Kier alpha value is -1.47. The number of carboxylic acids is 1.